The summed E-state index contributed by atoms with van der Waals surface area (Å²) in [7, 11) is 3.37. The summed E-state index contributed by atoms with van der Waals surface area (Å²) in [5.41, 5.74) is 0.722. The number of nitrogens with zero attached hydrogens (tertiary/aromatic N) is 3. The molecule has 2 aromatic rings. The van der Waals surface area contributed by atoms with Crippen LogP contribution < -0.4 is 10.6 Å². The zero-order valence-corrected chi connectivity index (χ0v) is 19.8. The molecule has 0 unspecified atom stereocenters. The van der Waals surface area contributed by atoms with Crippen molar-refractivity contribution in [3.05, 3.63) is 40.2 Å². The Morgan fingerprint density at radius 1 is 1.19 bits per heavy atom. The van der Waals surface area contributed by atoms with Crippen molar-refractivity contribution < 1.29 is 18.4 Å². The highest BCUT2D eigenvalue weighted by Crippen LogP contribution is 2.31. The first-order chi connectivity index (χ1) is 15.0. The van der Waals surface area contributed by atoms with Gasteiger partial charge in [0, 0.05) is 26.2 Å². The van der Waals surface area contributed by atoms with Crippen molar-refractivity contribution in [2.45, 2.75) is 40.3 Å². The van der Waals surface area contributed by atoms with Crippen LogP contribution in [0, 0.1) is 17.6 Å². The minimum Gasteiger partial charge on any atom is -0.358 e. The van der Waals surface area contributed by atoms with Gasteiger partial charge in [-0.1, -0.05) is 32.4 Å². The molecule has 1 aromatic heterocycles. The highest BCUT2D eigenvalue weighted by molar-refractivity contribution is 6.31. The molecule has 1 aliphatic rings. The molecular formula is C22H30ClF2N5O2. The van der Waals surface area contributed by atoms with Crippen molar-refractivity contribution >= 4 is 23.4 Å². The zero-order valence-electron chi connectivity index (χ0n) is 19.1. The molecule has 1 aliphatic heterocycles. The third-order valence-electron chi connectivity index (χ3n) is 4.57. The van der Waals surface area contributed by atoms with Crippen LogP contribution in [0.25, 0.3) is 11.4 Å². The second-order valence-corrected chi connectivity index (χ2v) is 8.71. The van der Waals surface area contributed by atoms with E-state index in [1.54, 1.807) is 4.57 Å². The van der Waals surface area contributed by atoms with Crippen molar-refractivity contribution in [1.82, 2.24) is 25.1 Å². The lowest BCUT2D eigenvalue weighted by Crippen LogP contribution is -2.36. The number of amides is 2. The van der Waals surface area contributed by atoms with Crippen molar-refractivity contribution in [2.75, 3.05) is 27.2 Å². The molecule has 0 aliphatic carbocycles. The lowest BCUT2D eigenvalue weighted by molar-refractivity contribution is -0.119. The molecule has 32 heavy (non-hydrogen) atoms. The van der Waals surface area contributed by atoms with Gasteiger partial charge < -0.3 is 20.1 Å². The van der Waals surface area contributed by atoms with E-state index < -0.39 is 17.5 Å². The summed E-state index contributed by atoms with van der Waals surface area (Å²) in [6.45, 7) is 8.02. The van der Waals surface area contributed by atoms with Crippen LogP contribution in [-0.2, 0) is 17.9 Å². The van der Waals surface area contributed by atoms with Gasteiger partial charge in [0.15, 0.2) is 5.69 Å². The van der Waals surface area contributed by atoms with Crippen molar-refractivity contribution in [1.29, 1.82) is 0 Å². The molecule has 2 heterocycles. The van der Waals surface area contributed by atoms with Crippen LogP contribution in [0.2, 0.25) is 5.02 Å². The molecule has 176 valence electrons. The van der Waals surface area contributed by atoms with Gasteiger partial charge in [-0.3, -0.25) is 9.59 Å². The predicted molar refractivity (Wildman–Crippen MR) is 120 cm³/mol. The number of hydrogen-bond acceptors (Lipinski definition) is 4. The monoisotopic (exact) mass is 469 g/mol. The molecule has 1 aromatic carbocycles. The molecule has 3 rings (SSSR count). The number of carbonyl (C=O) groups excluding carboxylic acids is 2. The Hall–Kier alpha value is -2.52. The molecule has 10 heteroatoms. The fourth-order valence-electron chi connectivity index (χ4n) is 3.14. The molecule has 7 nitrogen and oxygen atoms in total. The molecule has 0 saturated heterocycles. The summed E-state index contributed by atoms with van der Waals surface area (Å²) >= 11 is 5.83. The molecule has 2 N–H and O–H groups in total. The van der Waals surface area contributed by atoms with Crippen molar-refractivity contribution in [3.63, 3.8) is 0 Å². The third kappa shape index (κ3) is 6.49. The Kier molecular flexibility index (Phi) is 9.15. The van der Waals surface area contributed by atoms with Crippen LogP contribution in [0.4, 0.5) is 8.78 Å². The fraction of sp³-hybridized carbons (Fsp3) is 0.500. The minimum atomic E-state index is -0.867. The van der Waals surface area contributed by atoms with E-state index in [2.05, 4.69) is 36.4 Å². The molecule has 0 bridgehead atoms. The number of aromatic nitrogens is 2. The van der Waals surface area contributed by atoms with Crippen LogP contribution in [0.1, 0.15) is 43.4 Å². The van der Waals surface area contributed by atoms with E-state index in [0.29, 0.717) is 24.8 Å². The van der Waals surface area contributed by atoms with Gasteiger partial charge in [-0.2, -0.15) is 0 Å². The molecule has 0 fully saturated rings. The van der Waals surface area contributed by atoms with Crippen molar-refractivity contribution in [2.24, 2.45) is 5.92 Å². The maximum atomic E-state index is 14.5. The quantitative estimate of drug-likeness (QED) is 0.672. The maximum absolute atomic E-state index is 14.5. The molecule has 0 saturated carbocycles. The van der Waals surface area contributed by atoms with Gasteiger partial charge in [0.25, 0.3) is 5.91 Å². The lowest BCUT2D eigenvalue weighted by Gasteiger charge is -2.13. The normalized spacial score (nSPS) is 13.7. The van der Waals surface area contributed by atoms with Gasteiger partial charge in [0.1, 0.15) is 17.5 Å². The third-order valence-corrected chi connectivity index (χ3v) is 4.86. The van der Waals surface area contributed by atoms with Gasteiger partial charge in [0.2, 0.25) is 5.91 Å². The number of rotatable bonds is 4. The SMILES string of the molecule is CC(C)C.CNC(=O)CNC(=O)c1nc(-c2cc(Cl)c(F)cc2F)n2c1CN(C)CCC2. The summed E-state index contributed by atoms with van der Waals surface area (Å²) in [5.74, 6) is -1.54. The Morgan fingerprint density at radius 3 is 2.47 bits per heavy atom. The van der Waals surface area contributed by atoms with Crippen LogP contribution in [-0.4, -0.2) is 53.5 Å². The Bertz CT molecular complexity index is 975. The minimum absolute atomic E-state index is 0.0163. The summed E-state index contributed by atoms with van der Waals surface area (Å²) in [4.78, 5) is 30.4. The predicted octanol–water partition coefficient (Wildman–Crippen LogP) is 3.46. The van der Waals surface area contributed by atoms with E-state index in [4.69, 9.17) is 11.6 Å². The van der Waals surface area contributed by atoms with Gasteiger partial charge in [-0.25, -0.2) is 13.8 Å². The number of hydrogen-bond donors (Lipinski definition) is 2. The first-order valence-electron chi connectivity index (χ1n) is 10.5. The fourth-order valence-corrected chi connectivity index (χ4v) is 3.30. The number of imidazole rings is 1. The number of nitrogens with one attached hydrogen (secondary N) is 2. The van der Waals surface area contributed by atoms with E-state index in [9.17, 15) is 18.4 Å². The number of likely N-dealkylation sites (N-methyl/N-ethyl adjacent to an activating group) is 1. The number of benzene rings is 1. The summed E-state index contributed by atoms with van der Waals surface area (Å²) in [5, 5.41) is 4.69. The zero-order chi connectivity index (χ0) is 24.0. The molecule has 0 spiro atoms. The highest BCUT2D eigenvalue weighted by Gasteiger charge is 2.27. The second-order valence-electron chi connectivity index (χ2n) is 8.31. The van der Waals surface area contributed by atoms with Gasteiger partial charge in [-0.05, 0) is 32.0 Å². The van der Waals surface area contributed by atoms with Gasteiger partial charge in [-0.15, -0.1) is 0 Å². The van der Waals surface area contributed by atoms with E-state index >= 15 is 0 Å². The summed E-state index contributed by atoms with van der Waals surface area (Å²) in [6.07, 6.45) is 0.767. The van der Waals surface area contributed by atoms with Gasteiger partial charge >= 0.3 is 0 Å². The molecule has 0 atom stereocenters. The Labute approximate surface area is 192 Å². The molecule has 2 amide bonds. The van der Waals surface area contributed by atoms with Gasteiger partial charge in [0.05, 0.1) is 22.8 Å². The second kappa shape index (κ2) is 11.4. The van der Waals surface area contributed by atoms with Crippen LogP contribution in [0.3, 0.4) is 0 Å². The first kappa shape index (κ1) is 25.7. The van der Waals surface area contributed by atoms with Crippen LogP contribution >= 0.6 is 11.6 Å². The molecular weight excluding hydrogens is 440 g/mol. The van der Waals surface area contributed by atoms with E-state index in [0.717, 1.165) is 18.9 Å². The standard InChI is InChI=1S/C18H20ClF2N5O2.C4H10/c1-22-15(27)8-23-18(28)16-14-9-25(2)4-3-5-26(14)17(24-16)10-6-11(19)13(21)7-12(10)20;1-4(2)3/h6-7H,3-5,8-9H2,1-2H3,(H,22,27)(H,23,28);4H,1-3H3. The Morgan fingerprint density at radius 2 is 1.84 bits per heavy atom. The topological polar surface area (TPSA) is 79.3 Å². The maximum Gasteiger partial charge on any atom is 0.272 e. The van der Waals surface area contributed by atoms with Crippen molar-refractivity contribution in [3.8, 4) is 11.4 Å². The summed E-state index contributed by atoms with van der Waals surface area (Å²) < 4.78 is 29.8. The average molecular weight is 470 g/mol. The average Bonchev–Trinajstić information content (AvgIpc) is 2.94. The highest BCUT2D eigenvalue weighted by atomic mass is 35.5. The summed E-state index contributed by atoms with van der Waals surface area (Å²) in [6, 6.07) is 1.87. The Balaban J connectivity index is 0.000000837. The first-order valence-corrected chi connectivity index (χ1v) is 10.8. The number of halogens is 3. The van der Waals surface area contributed by atoms with E-state index in [1.807, 2.05) is 11.9 Å². The largest absolute Gasteiger partial charge is 0.358 e. The van der Waals surface area contributed by atoms with Crippen LogP contribution in [0.5, 0.6) is 0 Å². The number of fused-ring (bicyclic) bond motifs is 1. The molecule has 0 radical (unpaired) electrons. The lowest BCUT2D eigenvalue weighted by atomic mass is 10.2. The smallest absolute Gasteiger partial charge is 0.272 e. The van der Waals surface area contributed by atoms with E-state index in [1.165, 1.54) is 13.1 Å². The van der Waals surface area contributed by atoms with Crippen LogP contribution in [0.15, 0.2) is 12.1 Å². The van der Waals surface area contributed by atoms with E-state index in [-0.39, 0.29) is 34.6 Å². The number of carbonyl (C=O) groups is 2.